The average Bonchev–Trinajstić information content (AvgIpc) is 2.62. The van der Waals surface area contributed by atoms with Crippen molar-refractivity contribution in [2.45, 2.75) is 24.5 Å². The average molecular weight is 375 g/mol. The van der Waals surface area contributed by atoms with E-state index in [1.165, 1.54) is 18.0 Å². The van der Waals surface area contributed by atoms with Crippen LogP contribution < -0.4 is 0 Å². The zero-order chi connectivity index (χ0) is 18.6. The van der Waals surface area contributed by atoms with Crippen molar-refractivity contribution in [1.82, 2.24) is 15.0 Å². The van der Waals surface area contributed by atoms with Crippen molar-refractivity contribution in [2.75, 3.05) is 5.75 Å². The lowest BCUT2D eigenvalue weighted by Crippen LogP contribution is -2.10. The molecule has 3 rings (SSSR count). The Morgan fingerprint density at radius 1 is 1.00 bits per heavy atom. The smallest absolute Gasteiger partial charge is 0.262 e. The van der Waals surface area contributed by atoms with Crippen molar-refractivity contribution < 1.29 is 13.2 Å². The minimum atomic E-state index is -4.52. The van der Waals surface area contributed by atoms with E-state index in [0.717, 1.165) is 18.1 Å². The Bertz CT molecular complexity index is 883. The van der Waals surface area contributed by atoms with E-state index >= 15 is 0 Å². The van der Waals surface area contributed by atoms with Crippen LogP contribution in [0.15, 0.2) is 59.8 Å². The molecular formula is C19H16F3N3S. The molecular weight excluding hydrogens is 359 g/mol. The zero-order valence-electron chi connectivity index (χ0n) is 14.0. The molecule has 0 radical (unpaired) electrons. The van der Waals surface area contributed by atoms with Crippen LogP contribution in [0.4, 0.5) is 13.2 Å². The van der Waals surface area contributed by atoms with Crippen LogP contribution >= 0.6 is 11.8 Å². The first-order chi connectivity index (χ1) is 12.4. The number of thioether (sulfide) groups is 1. The maximum Gasteiger partial charge on any atom is 0.433 e. The molecule has 0 spiro atoms. The quantitative estimate of drug-likeness (QED) is 0.454. The Labute approximate surface area is 153 Å². The van der Waals surface area contributed by atoms with Gasteiger partial charge in [-0.2, -0.15) is 13.2 Å². The summed E-state index contributed by atoms with van der Waals surface area (Å²) < 4.78 is 39.7. The van der Waals surface area contributed by atoms with Crippen LogP contribution in [0.3, 0.4) is 0 Å². The number of hydrogen-bond acceptors (Lipinski definition) is 4. The molecule has 0 unspecified atom stereocenters. The standard InChI is InChI=1S/C19H16F3N3S/c1-13-11-15(7-9-23-13)18-24-16(19(20,21)22)12-17(25-18)26-10-8-14-5-3-2-4-6-14/h2-7,9,11-12H,8,10H2,1H3. The molecule has 0 aliphatic carbocycles. The fourth-order valence-electron chi connectivity index (χ4n) is 2.38. The van der Waals surface area contributed by atoms with Gasteiger partial charge in [0.05, 0.1) is 0 Å². The molecule has 134 valence electrons. The summed E-state index contributed by atoms with van der Waals surface area (Å²) in [5.74, 6) is 0.695. The maximum atomic E-state index is 13.2. The van der Waals surface area contributed by atoms with Crippen LogP contribution in [0.5, 0.6) is 0 Å². The van der Waals surface area contributed by atoms with Crippen LogP contribution in [0.2, 0.25) is 0 Å². The second-order valence-corrected chi connectivity index (χ2v) is 6.80. The Hall–Kier alpha value is -2.41. The number of benzene rings is 1. The number of nitrogens with zero attached hydrogens (tertiary/aromatic N) is 3. The van der Waals surface area contributed by atoms with E-state index in [2.05, 4.69) is 15.0 Å². The van der Waals surface area contributed by atoms with Gasteiger partial charge < -0.3 is 0 Å². The van der Waals surface area contributed by atoms with E-state index in [9.17, 15) is 13.2 Å². The molecule has 26 heavy (non-hydrogen) atoms. The van der Waals surface area contributed by atoms with Gasteiger partial charge in [0.1, 0.15) is 10.7 Å². The van der Waals surface area contributed by atoms with E-state index in [0.29, 0.717) is 22.0 Å². The minimum Gasteiger partial charge on any atom is -0.262 e. The van der Waals surface area contributed by atoms with Crippen LogP contribution in [-0.2, 0) is 12.6 Å². The van der Waals surface area contributed by atoms with Gasteiger partial charge in [0.15, 0.2) is 5.82 Å². The van der Waals surface area contributed by atoms with Crippen molar-refractivity contribution >= 4 is 11.8 Å². The Balaban J connectivity index is 1.85. The number of hydrogen-bond donors (Lipinski definition) is 0. The van der Waals surface area contributed by atoms with E-state index < -0.39 is 11.9 Å². The van der Waals surface area contributed by atoms with Crippen LogP contribution in [0.25, 0.3) is 11.4 Å². The number of rotatable bonds is 5. The molecule has 7 heteroatoms. The summed E-state index contributed by atoms with van der Waals surface area (Å²) in [5.41, 5.74) is 1.42. The summed E-state index contributed by atoms with van der Waals surface area (Å²) in [6.07, 6.45) is -2.23. The molecule has 0 amide bonds. The molecule has 0 aliphatic heterocycles. The SMILES string of the molecule is Cc1cc(-c2nc(SCCc3ccccc3)cc(C(F)(F)F)n2)ccn1. The largest absolute Gasteiger partial charge is 0.433 e. The van der Waals surface area contributed by atoms with Crippen LogP contribution in [0.1, 0.15) is 17.0 Å². The molecule has 0 saturated heterocycles. The molecule has 0 aliphatic rings. The van der Waals surface area contributed by atoms with Crippen molar-refractivity contribution in [3.8, 4) is 11.4 Å². The van der Waals surface area contributed by atoms with Gasteiger partial charge in [-0.3, -0.25) is 4.98 Å². The lowest BCUT2D eigenvalue weighted by atomic mass is 10.2. The third kappa shape index (κ3) is 4.82. The van der Waals surface area contributed by atoms with Crippen LogP contribution in [-0.4, -0.2) is 20.7 Å². The van der Waals surface area contributed by atoms with E-state index in [4.69, 9.17) is 0 Å². The summed E-state index contributed by atoms with van der Waals surface area (Å²) in [6.45, 7) is 1.77. The van der Waals surface area contributed by atoms with Crippen molar-refractivity contribution in [3.63, 3.8) is 0 Å². The molecule has 0 bridgehead atoms. The first-order valence-corrected chi connectivity index (χ1v) is 8.96. The Kier molecular flexibility index (Phi) is 5.56. The number of pyridine rings is 1. The number of aromatic nitrogens is 3. The summed E-state index contributed by atoms with van der Waals surface area (Å²) in [7, 11) is 0. The number of aryl methyl sites for hydroxylation is 2. The molecule has 0 N–H and O–H groups in total. The molecule has 0 fully saturated rings. The summed E-state index contributed by atoms with van der Waals surface area (Å²) >= 11 is 1.29. The lowest BCUT2D eigenvalue weighted by molar-refractivity contribution is -0.141. The molecule has 3 aromatic rings. The molecule has 0 saturated carbocycles. The van der Waals surface area contributed by atoms with Gasteiger partial charge in [-0.15, -0.1) is 11.8 Å². The van der Waals surface area contributed by atoms with E-state index in [-0.39, 0.29) is 5.82 Å². The number of halogens is 3. The van der Waals surface area contributed by atoms with Gasteiger partial charge in [0.2, 0.25) is 0 Å². The third-order valence-electron chi connectivity index (χ3n) is 3.63. The topological polar surface area (TPSA) is 38.7 Å². The fourth-order valence-corrected chi connectivity index (χ4v) is 3.27. The summed E-state index contributed by atoms with van der Waals surface area (Å²) in [4.78, 5) is 12.1. The van der Waals surface area contributed by atoms with Gasteiger partial charge in [-0.1, -0.05) is 30.3 Å². The molecule has 2 aromatic heterocycles. The highest BCUT2D eigenvalue weighted by Crippen LogP contribution is 2.32. The summed E-state index contributed by atoms with van der Waals surface area (Å²) in [6, 6.07) is 14.1. The van der Waals surface area contributed by atoms with E-state index in [1.54, 1.807) is 19.1 Å². The molecule has 1 aromatic carbocycles. The normalized spacial score (nSPS) is 11.5. The predicted molar refractivity (Wildman–Crippen MR) is 95.9 cm³/mol. The highest BCUT2D eigenvalue weighted by molar-refractivity contribution is 7.99. The summed E-state index contributed by atoms with van der Waals surface area (Å²) in [5, 5.41) is 0.313. The Morgan fingerprint density at radius 3 is 2.46 bits per heavy atom. The highest BCUT2D eigenvalue weighted by Gasteiger charge is 2.33. The monoisotopic (exact) mass is 375 g/mol. The third-order valence-corrected chi connectivity index (χ3v) is 4.54. The molecule has 2 heterocycles. The van der Waals surface area contributed by atoms with Crippen molar-refractivity contribution in [1.29, 1.82) is 0 Å². The fraction of sp³-hybridized carbons (Fsp3) is 0.211. The molecule has 3 nitrogen and oxygen atoms in total. The number of alkyl halides is 3. The second-order valence-electron chi connectivity index (χ2n) is 5.68. The van der Waals surface area contributed by atoms with Gasteiger partial charge in [0, 0.05) is 29.3 Å². The van der Waals surface area contributed by atoms with Gasteiger partial charge in [-0.05, 0) is 31.0 Å². The predicted octanol–water partition coefficient (Wildman–Crippen LogP) is 5.20. The van der Waals surface area contributed by atoms with Gasteiger partial charge >= 0.3 is 6.18 Å². The maximum absolute atomic E-state index is 13.2. The zero-order valence-corrected chi connectivity index (χ0v) is 14.8. The van der Waals surface area contributed by atoms with E-state index in [1.807, 2.05) is 30.3 Å². The molecule has 0 atom stereocenters. The first kappa shape index (κ1) is 18.4. The van der Waals surface area contributed by atoms with Crippen LogP contribution in [0, 0.1) is 6.92 Å². The highest BCUT2D eigenvalue weighted by atomic mass is 32.2. The minimum absolute atomic E-state index is 0.0625. The van der Waals surface area contributed by atoms with Gasteiger partial charge in [0.25, 0.3) is 0 Å². The van der Waals surface area contributed by atoms with Gasteiger partial charge in [-0.25, -0.2) is 9.97 Å². The lowest BCUT2D eigenvalue weighted by Gasteiger charge is -2.11. The van der Waals surface area contributed by atoms with Crippen molar-refractivity contribution in [3.05, 3.63) is 71.7 Å². The second kappa shape index (κ2) is 7.86. The van der Waals surface area contributed by atoms with Crippen molar-refractivity contribution in [2.24, 2.45) is 0 Å². The Morgan fingerprint density at radius 2 is 1.77 bits per heavy atom. The first-order valence-electron chi connectivity index (χ1n) is 7.98.